The molecule has 0 bridgehead atoms. The third-order valence-electron chi connectivity index (χ3n) is 13.3. The van der Waals surface area contributed by atoms with Crippen LogP contribution in [0.4, 0.5) is 0 Å². The molecule has 0 aliphatic heterocycles. The molecule has 6 N–H and O–H groups in total. The summed E-state index contributed by atoms with van der Waals surface area (Å²) in [4.78, 5) is 109. The van der Waals surface area contributed by atoms with Gasteiger partial charge in [0.15, 0.2) is 0 Å². The zero-order valence-electron chi connectivity index (χ0n) is 46.7. The summed E-state index contributed by atoms with van der Waals surface area (Å²) in [7, 11) is 3.18. The minimum Gasteiger partial charge on any atom is -0.497 e. The van der Waals surface area contributed by atoms with Gasteiger partial charge >= 0.3 is 0 Å². The molecule has 0 fully saturated rings. The summed E-state index contributed by atoms with van der Waals surface area (Å²) in [6, 6.07) is 48.1. The number of nitrogens with zero attached hydrogens (tertiary/aromatic N) is 2. The lowest BCUT2D eigenvalue weighted by Gasteiger charge is -2.22. The van der Waals surface area contributed by atoms with Gasteiger partial charge < -0.3 is 51.2 Å². The first-order chi connectivity index (χ1) is 39.8. The van der Waals surface area contributed by atoms with Crippen LogP contribution >= 0.6 is 0 Å². The number of benzene rings is 6. The Balaban J connectivity index is 0.957. The monoisotopic (exact) mass is 1110 g/mol. The summed E-state index contributed by atoms with van der Waals surface area (Å²) in [6.45, 7) is 0.421. The van der Waals surface area contributed by atoms with Crippen molar-refractivity contribution in [1.82, 2.24) is 41.7 Å². The standard InChI is InChI=1S/C64H74N8O10/c1-81-55-27-23-49(24-28-55)33-39-67-59(75)45-71(43-57(73)65-37-31-47-13-5-3-6-14-47)61(77)21-11-35-69-63(79)53-19-9-17-51(41-53)52-18-10-20-54(42-52)64(80)70-36-12-22-62(78)72(44-58(74)66-38-32-48-15-7-4-8-16-48)46-60(76)68-40-34-50-25-29-56(82-2)30-26-50/h3-10,13-20,23-30,41-42H,11-12,21-22,31-40,43-46H2,1-2H3,(H,65,73)(H,66,74)(H,67,75)(H,68,76)(H,69,79)(H,70,80). The van der Waals surface area contributed by atoms with Gasteiger partial charge in [0, 0.05) is 63.2 Å². The predicted molar refractivity (Wildman–Crippen MR) is 314 cm³/mol. The van der Waals surface area contributed by atoms with Gasteiger partial charge in [-0.2, -0.15) is 0 Å². The normalized spacial score (nSPS) is 10.6. The van der Waals surface area contributed by atoms with Crippen LogP contribution in [0.2, 0.25) is 0 Å². The molecule has 6 rings (SSSR count). The van der Waals surface area contributed by atoms with E-state index < -0.39 is 35.4 Å². The molecular weight excluding hydrogens is 1040 g/mol. The van der Waals surface area contributed by atoms with E-state index in [0.29, 0.717) is 74.1 Å². The molecular formula is C64H74N8O10. The van der Waals surface area contributed by atoms with Crippen LogP contribution in [-0.2, 0) is 54.5 Å². The fourth-order valence-corrected chi connectivity index (χ4v) is 8.72. The second-order valence-corrected chi connectivity index (χ2v) is 19.4. The van der Waals surface area contributed by atoms with Gasteiger partial charge in [-0.3, -0.25) is 38.4 Å². The Labute approximate surface area is 479 Å². The van der Waals surface area contributed by atoms with Gasteiger partial charge in [0.05, 0.1) is 14.2 Å². The third-order valence-corrected chi connectivity index (χ3v) is 13.3. The summed E-state index contributed by atoms with van der Waals surface area (Å²) in [5.41, 5.74) is 6.16. The molecule has 0 aliphatic carbocycles. The quantitative estimate of drug-likeness (QED) is 0.0284. The Kier molecular flexibility index (Phi) is 25.6. The van der Waals surface area contributed by atoms with Crippen LogP contribution in [0.15, 0.2) is 158 Å². The number of methoxy groups -OCH3 is 2. The lowest BCUT2D eigenvalue weighted by Crippen LogP contribution is -2.46. The Morgan fingerprint density at radius 3 is 0.988 bits per heavy atom. The first kappa shape index (κ1) is 61.9. The van der Waals surface area contributed by atoms with Gasteiger partial charge in [-0.25, -0.2) is 0 Å². The van der Waals surface area contributed by atoms with Crippen molar-refractivity contribution in [2.45, 2.75) is 51.4 Å². The molecule has 6 aromatic rings. The van der Waals surface area contributed by atoms with E-state index in [-0.39, 0.29) is 76.8 Å². The Hall–Kier alpha value is -9.32. The minimum atomic E-state index is -0.412. The van der Waals surface area contributed by atoms with Crippen molar-refractivity contribution in [3.63, 3.8) is 0 Å². The highest BCUT2D eigenvalue weighted by Crippen LogP contribution is 2.22. The van der Waals surface area contributed by atoms with Crippen LogP contribution in [0.1, 0.15) is 68.7 Å². The zero-order chi connectivity index (χ0) is 58.3. The number of amides is 8. The molecule has 8 amide bonds. The molecule has 0 aliphatic rings. The van der Waals surface area contributed by atoms with Crippen LogP contribution in [-0.4, -0.2) is 137 Å². The average molecular weight is 1120 g/mol. The molecule has 18 nitrogen and oxygen atoms in total. The second kappa shape index (κ2) is 34.0. The number of hydrogen-bond donors (Lipinski definition) is 6. The van der Waals surface area contributed by atoms with Gasteiger partial charge in [0.2, 0.25) is 35.4 Å². The van der Waals surface area contributed by atoms with Crippen LogP contribution in [0.25, 0.3) is 11.1 Å². The lowest BCUT2D eigenvalue weighted by molar-refractivity contribution is -0.139. The first-order valence-electron chi connectivity index (χ1n) is 27.6. The van der Waals surface area contributed by atoms with Crippen LogP contribution < -0.4 is 41.4 Å². The molecule has 0 spiro atoms. The summed E-state index contributed by atoms with van der Waals surface area (Å²) in [6.07, 6.45) is 2.76. The highest BCUT2D eigenvalue weighted by molar-refractivity contribution is 5.97. The number of hydrogen-bond acceptors (Lipinski definition) is 10. The highest BCUT2D eigenvalue weighted by atomic mass is 16.5. The molecule has 0 atom stereocenters. The van der Waals surface area contributed by atoms with Crippen molar-refractivity contribution in [1.29, 1.82) is 0 Å². The molecule has 82 heavy (non-hydrogen) atoms. The lowest BCUT2D eigenvalue weighted by atomic mass is 10.0. The van der Waals surface area contributed by atoms with E-state index in [4.69, 9.17) is 9.47 Å². The van der Waals surface area contributed by atoms with E-state index in [0.717, 1.165) is 33.8 Å². The van der Waals surface area contributed by atoms with Crippen LogP contribution in [0, 0.1) is 0 Å². The Morgan fingerprint density at radius 2 is 0.671 bits per heavy atom. The molecule has 0 saturated heterocycles. The van der Waals surface area contributed by atoms with Crippen LogP contribution in [0.5, 0.6) is 11.5 Å². The van der Waals surface area contributed by atoms with E-state index >= 15 is 0 Å². The van der Waals surface area contributed by atoms with Gasteiger partial charge in [-0.1, -0.05) is 109 Å². The molecule has 430 valence electrons. The maximum atomic E-state index is 13.5. The Bertz CT molecular complexity index is 2830. The van der Waals surface area contributed by atoms with Gasteiger partial charge in [-0.15, -0.1) is 0 Å². The molecule has 0 radical (unpaired) electrons. The maximum Gasteiger partial charge on any atom is 0.251 e. The number of carbonyl (C=O) groups is 8. The summed E-state index contributed by atoms with van der Waals surface area (Å²) >= 11 is 0. The maximum absolute atomic E-state index is 13.5. The van der Waals surface area contributed by atoms with Crippen molar-refractivity contribution in [3.8, 4) is 22.6 Å². The summed E-state index contributed by atoms with van der Waals surface area (Å²) in [5, 5.41) is 17.1. The highest BCUT2D eigenvalue weighted by Gasteiger charge is 2.22. The number of carbonyl (C=O) groups excluding carboxylic acids is 8. The van der Waals surface area contributed by atoms with E-state index in [1.807, 2.05) is 121 Å². The molecule has 0 heterocycles. The van der Waals surface area contributed by atoms with Crippen molar-refractivity contribution in [3.05, 3.63) is 191 Å². The van der Waals surface area contributed by atoms with Gasteiger partial charge in [-0.05, 0) is 120 Å². The number of ether oxygens (including phenoxy) is 2. The topological polar surface area (TPSA) is 234 Å². The third kappa shape index (κ3) is 22.1. The van der Waals surface area contributed by atoms with E-state index in [1.54, 1.807) is 50.6 Å². The second-order valence-electron chi connectivity index (χ2n) is 19.4. The minimum absolute atomic E-state index is 0.0269. The first-order valence-corrected chi connectivity index (χ1v) is 27.6. The van der Waals surface area contributed by atoms with Gasteiger partial charge in [0.25, 0.3) is 11.8 Å². The summed E-state index contributed by atoms with van der Waals surface area (Å²) < 4.78 is 10.4. The molecule has 0 unspecified atom stereocenters. The van der Waals surface area contributed by atoms with Crippen molar-refractivity contribution in [2.24, 2.45) is 0 Å². The zero-order valence-corrected chi connectivity index (χ0v) is 46.7. The molecule has 18 heteroatoms. The molecule has 0 saturated carbocycles. The Morgan fingerprint density at radius 1 is 0.354 bits per heavy atom. The van der Waals surface area contributed by atoms with Crippen molar-refractivity contribution >= 4 is 47.3 Å². The molecule has 6 aromatic carbocycles. The van der Waals surface area contributed by atoms with Crippen molar-refractivity contribution in [2.75, 3.05) is 79.7 Å². The molecule has 0 aromatic heterocycles. The fourth-order valence-electron chi connectivity index (χ4n) is 8.72. The van der Waals surface area contributed by atoms with Crippen molar-refractivity contribution < 1.29 is 47.8 Å². The van der Waals surface area contributed by atoms with Gasteiger partial charge in [0.1, 0.15) is 37.7 Å². The number of rotatable bonds is 33. The average Bonchev–Trinajstić information content (AvgIpc) is 3.50. The fraction of sp³-hybridized carbons (Fsp3) is 0.312. The summed E-state index contributed by atoms with van der Waals surface area (Å²) in [5.74, 6) is -1.73. The van der Waals surface area contributed by atoms with Crippen LogP contribution in [0.3, 0.4) is 0 Å². The predicted octanol–water partition coefficient (Wildman–Crippen LogP) is 5.48. The largest absolute Gasteiger partial charge is 0.497 e. The van der Waals surface area contributed by atoms with E-state index in [1.165, 1.54) is 9.80 Å². The SMILES string of the molecule is COc1ccc(CCNC(=O)CN(CC(=O)NCCc2ccccc2)C(=O)CCCNC(=O)c2cccc(-c3cccc(C(=O)NCCCC(=O)N(CC(=O)NCCc4ccccc4)CC(=O)NCCc4ccc(OC)cc4)c3)c2)cc1. The van der Waals surface area contributed by atoms with E-state index in [9.17, 15) is 38.4 Å². The smallest absolute Gasteiger partial charge is 0.251 e. The van der Waals surface area contributed by atoms with E-state index in [2.05, 4.69) is 31.9 Å². The number of nitrogens with one attached hydrogen (secondary N) is 6.